The zero-order chi connectivity index (χ0) is 22.4. The van der Waals surface area contributed by atoms with Gasteiger partial charge in [0.05, 0.1) is 23.1 Å². The van der Waals surface area contributed by atoms with Crippen molar-refractivity contribution in [1.82, 2.24) is 24.8 Å². The van der Waals surface area contributed by atoms with E-state index in [1.54, 1.807) is 12.4 Å². The van der Waals surface area contributed by atoms with Crippen LogP contribution >= 0.6 is 0 Å². The third-order valence-corrected chi connectivity index (χ3v) is 6.70. The molecule has 1 aliphatic heterocycles. The Morgan fingerprint density at radius 2 is 1.82 bits per heavy atom. The molecule has 4 heterocycles. The highest BCUT2D eigenvalue weighted by molar-refractivity contribution is 5.89. The minimum absolute atomic E-state index is 0.238. The number of aromatic nitrogens is 4. The van der Waals surface area contributed by atoms with Crippen LogP contribution in [-0.4, -0.2) is 58.1 Å². The molecule has 1 saturated heterocycles. The molecule has 0 bridgehead atoms. The van der Waals surface area contributed by atoms with Gasteiger partial charge in [0.15, 0.2) is 11.6 Å². The highest BCUT2D eigenvalue weighted by atomic mass is 19.1. The number of nitrogens with one attached hydrogen (secondary N) is 1. The van der Waals surface area contributed by atoms with E-state index in [2.05, 4.69) is 41.1 Å². The normalized spacial score (nSPS) is 17.1. The van der Waals surface area contributed by atoms with E-state index in [9.17, 15) is 0 Å². The molecule has 1 aromatic carbocycles. The van der Waals surface area contributed by atoms with Crippen LogP contribution in [0.2, 0.25) is 0 Å². The number of piperazine rings is 1. The quantitative estimate of drug-likeness (QED) is 0.501. The van der Waals surface area contributed by atoms with Crippen LogP contribution in [0.1, 0.15) is 30.0 Å². The van der Waals surface area contributed by atoms with E-state index in [0.29, 0.717) is 29.1 Å². The minimum Gasteiger partial charge on any atom is -0.371 e. The third kappa shape index (κ3) is 3.84. The number of halogens is 1. The Morgan fingerprint density at radius 1 is 1.00 bits per heavy atom. The van der Waals surface area contributed by atoms with Gasteiger partial charge >= 0.3 is 0 Å². The lowest BCUT2D eigenvalue weighted by atomic mass is 10.1. The van der Waals surface area contributed by atoms with Crippen molar-refractivity contribution in [3.63, 3.8) is 0 Å². The van der Waals surface area contributed by atoms with Crippen LogP contribution in [0, 0.1) is 5.82 Å². The lowest BCUT2D eigenvalue weighted by Gasteiger charge is -2.36. The Kier molecular flexibility index (Phi) is 5.02. The van der Waals surface area contributed by atoms with Gasteiger partial charge in [-0.05, 0) is 31.0 Å². The van der Waals surface area contributed by atoms with Crippen LogP contribution in [0.15, 0.2) is 42.9 Å². The SMILES string of the molecule is CNc1nccc2cc(N3CCN(Cc4ccc5nc(C6CC6)cnc5c4F)CC3)cnc12. The number of nitrogens with zero attached hydrogens (tertiary/aromatic N) is 6. The molecule has 168 valence electrons. The van der Waals surface area contributed by atoms with E-state index in [-0.39, 0.29) is 5.82 Å². The van der Waals surface area contributed by atoms with Crippen LogP contribution in [0.5, 0.6) is 0 Å². The van der Waals surface area contributed by atoms with Gasteiger partial charge in [0.25, 0.3) is 0 Å². The number of benzene rings is 1. The molecule has 0 amide bonds. The fourth-order valence-electron chi connectivity index (χ4n) is 4.62. The van der Waals surface area contributed by atoms with E-state index < -0.39 is 0 Å². The summed E-state index contributed by atoms with van der Waals surface area (Å²) in [6.07, 6.45) is 7.79. The molecule has 0 spiro atoms. The van der Waals surface area contributed by atoms with Gasteiger partial charge in [0.2, 0.25) is 0 Å². The Labute approximate surface area is 191 Å². The molecule has 1 N–H and O–H groups in total. The largest absolute Gasteiger partial charge is 0.371 e. The maximum Gasteiger partial charge on any atom is 0.155 e. The first-order valence-electron chi connectivity index (χ1n) is 11.5. The molecule has 6 rings (SSSR count). The summed E-state index contributed by atoms with van der Waals surface area (Å²) in [4.78, 5) is 22.6. The summed E-state index contributed by atoms with van der Waals surface area (Å²) < 4.78 is 15.2. The number of hydrogen-bond acceptors (Lipinski definition) is 7. The van der Waals surface area contributed by atoms with Crippen molar-refractivity contribution >= 4 is 33.4 Å². The van der Waals surface area contributed by atoms with Crippen molar-refractivity contribution in [2.45, 2.75) is 25.3 Å². The van der Waals surface area contributed by atoms with Crippen molar-refractivity contribution < 1.29 is 4.39 Å². The smallest absolute Gasteiger partial charge is 0.155 e. The average molecular weight is 444 g/mol. The molecule has 33 heavy (non-hydrogen) atoms. The third-order valence-electron chi connectivity index (χ3n) is 6.70. The topological polar surface area (TPSA) is 70.1 Å². The fraction of sp³-hybridized carbons (Fsp3) is 0.360. The zero-order valence-corrected chi connectivity index (χ0v) is 18.6. The van der Waals surface area contributed by atoms with Gasteiger partial charge in [0.1, 0.15) is 11.0 Å². The Balaban J connectivity index is 1.14. The van der Waals surface area contributed by atoms with Gasteiger partial charge in [-0.25, -0.2) is 19.3 Å². The first-order chi connectivity index (χ1) is 16.2. The molecule has 2 aliphatic rings. The lowest BCUT2D eigenvalue weighted by Crippen LogP contribution is -2.46. The van der Waals surface area contributed by atoms with Gasteiger partial charge in [-0.15, -0.1) is 0 Å². The van der Waals surface area contributed by atoms with Crippen LogP contribution in [-0.2, 0) is 6.54 Å². The summed E-state index contributed by atoms with van der Waals surface area (Å²) in [6.45, 7) is 4.04. The summed E-state index contributed by atoms with van der Waals surface area (Å²) in [7, 11) is 1.85. The molecule has 2 fully saturated rings. The standard InChI is InChI=1S/C25H26FN7/c1-27-25-23-17(6-7-28-25)12-19(13-29-23)33-10-8-32(9-11-33)15-18-4-5-20-24(22(18)26)30-14-21(31-20)16-2-3-16/h4-7,12-14,16H,2-3,8-11,15H2,1H3,(H,27,28). The Morgan fingerprint density at radius 3 is 2.61 bits per heavy atom. The number of rotatable bonds is 5. The number of pyridine rings is 2. The maximum absolute atomic E-state index is 15.2. The predicted octanol–water partition coefficient (Wildman–Crippen LogP) is 3.95. The van der Waals surface area contributed by atoms with Gasteiger partial charge in [0, 0.05) is 69.0 Å². The van der Waals surface area contributed by atoms with Crippen molar-refractivity contribution in [2.24, 2.45) is 0 Å². The summed E-state index contributed by atoms with van der Waals surface area (Å²) in [5, 5.41) is 4.16. The molecular formula is C25H26FN7. The zero-order valence-electron chi connectivity index (χ0n) is 18.6. The first-order valence-corrected chi connectivity index (χ1v) is 11.5. The van der Waals surface area contributed by atoms with Crippen LogP contribution in [0.25, 0.3) is 21.9 Å². The molecule has 0 radical (unpaired) electrons. The predicted molar refractivity (Wildman–Crippen MR) is 128 cm³/mol. The molecule has 3 aromatic heterocycles. The first kappa shape index (κ1) is 20.2. The molecule has 4 aromatic rings. The van der Waals surface area contributed by atoms with E-state index in [1.807, 2.05) is 31.4 Å². The second-order valence-corrected chi connectivity index (χ2v) is 8.91. The molecule has 1 saturated carbocycles. The molecule has 7 nitrogen and oxygen atoms in total. The van der Waals surface area contributed by atoms with Gasteiger partial charge in [-0.2, -0.15) is 0 Å². The molecular weight excluding hydrogens is 417 g/mol. The van der Waals surface area contributed by atoms with Crippen LogP contribution < -0.4 is 10.2 Å². The second kappa shape index (κ2) is 8.19. The van der Waals surface area contributed by atoms with Gasteiger partial charge in [-0.1, -0.05) is 6.07 Å². The van der Waals surface area contributed by atoms with Crippen molar-refractivity contribution in [1.29, 1.82) is 0 Å². The monoisotopic (exact) mass is 443 g/mol. The highest BCUT2D eigenvalue weighted by Gasteiger charge is 2.26. The number of fused-ring (bicyclic) bond motifs is 2. The molecule has 8 heteroatoms. The second-order valence-electron chi connectivity index (χ2n) is 8.91. The van der Waals surface area contributed by atoms with Crippen molar-refractivity contribution in [2.75, 3.05) is 43.4 Å². The van der Waals surface area contributed by atoms with Crippen molar-refractivity contribution in [3.05, 3.63) is 59.9 Å². The number of hydrogen-bond donors (Lipinski definition) is 1. The summed E-state index contributed by atoms with van der Waals surface area (Å²) in [6, 6.07) is 7.94. The van der Waals surface area contributed by atoms with E-state index in [1.165, 1.54) is 0 Å². The summed E-state index contributed by atoms with van der Waals surface area (Å²) in [5.41, 5.74) is 4.70. The molecule has 0 unspecified atom stereocenters. The highest BCUT2D eigenvalue weighted by Crippen LogP contribution is 2.39. The fourth-order valence-corrected chi connectivity index (χ4v) is 4.62. The Hall–Kier alpha value is -3.39. The Bertz CT molecular complexity index is 1330. The average Bonchev–Trinajstić information content (AvgIpc) is 3.71. The summed E-state index contributed by atoms with van der Waals surface area (Å²) in [5.74, 6) is 1.06. The van der Waals surface area contributed by atoms with Crippen molar-refractivity contribution in [3.8, 4) is 0 Å². The van der Waals surface area contributed by atoms with E-state index in [0.717, 1.165) is 67.1 Å². The van der Waals surface area contributed by atoms with E-state index in [4.69, 9.17) is 0 Å². The molecule has 1 aliphatic carbocycles. The van der Waals surface area contributed by atoms with Crippen LogP contribution in [0.4, 0.5) is 15.9 Å². The maximum atomic E-state index is 15.2. The van der Waals surface area contributed by atoms with Crippen LogP contribution in [0.3, 0.4) is 0 Å². The molecule has 0 atom stereocenters. The van der Waals surface area contributed by atoms with E-state index >= 15 is 4.39 Å². The number of anilines is 2. The minimum atomic E-state index is -0.238. The lowest BCUT2D eigenvalue weighted by molar-refractivity contribution is 0.247. The summed E-state index contributed by atoms with van der Waals surface area (Å²) >= 11 is 0. The van der Waals surface area contributed by atoms with Gasteiger partial charge < -0.3 is 10.2 Å². The van der Waals surface area contributed by atoms with Gasteiger partial charge in [-0.3, -0.25) is 9.88 Å².